The van der Waals surface area contributed by atoms with E-state index in [9.17, 15) is 4.79 Å². The van der Waals surface area contributed by atoms with Crippen LogP contribution in [0.1, 0.15) is 13.8 Å². The fraction of sp³-hybridized carbons (Fsp3) is 0.800. The molecule has 1 fully saturated rings. The molecule has 0 radical (unpaired) electrons. The van der Waals surface area contributed by atoms with Gasteiger partial charge in [-0.15, -0.1) is 0 Å². The van der Waals surface area contributed by atoms with Gasteiger partial charge >= 0.3 is 6.03 Å². The maximum atomic E-state index is 10.7. The second kappa shape index (κ2) is 2.10. The van der Waals surface area contributed by atoms with E-state index in [-0.39, 0.29) is 12.1 Å². The number of hydrogen-bond acceptors (Lipinski definition) is 3. The van der Waals surface area contributed by atoms with Crippen molar-refractivity contribution in [3.05, 3.63) is 0 Å². The number of carbonyl (C=O) groups is 1. The first-order valence-corrected chi connectivity index (χ1v) is 3.06. The summed E-state index contributed by atoms with van der Waals surface area (Å²) in [7, 11) is 0. The summed E-state index contributed by atoms with van der Waals surface area (Å²) in [5.74, 6) is 0. The van der Waals surface area contributed by atoms with Crippen molar-refractivity contribution in [1.82, 2.24) is 10.1 Å². The zero-order valence-corrected chi connectivity index (χ0v) is 5.85. The molecule has 58 valence electrons. The zero-order chi connectivity index (χ0) is 7.89. The lowest BCUT2D eigenvalue weighted by Crippen LogP contribution is -2.29. The van der Waals surface area contributed by atoms with Crippen molar-refractivity contribution in [3.8, 4) is 0 Å². The van der Waals surface area contributed by atoms with Gasteiger partial charge in [0.05, 0.1) is 12.1 Å². The summed E-state index contributed by atoms with van der Waals surface area (Å²) in [5.41, 5.74) is 0. The van der Waals surface area contributed by atoms with Gasteiger partial charge in [-0.05, 0) is 13.8 Å². The molecule has 2 atom stereocenters. The van der Waals surface area contributed by atoms with Crippen LogP contribution < -0.4 is 0 Å². The van der Waals surface area contributed by atoms with Crippen molar-refractivity contribution in [3.63, 3.8) is 0 Å². The second-order valence-electron chi connectivity index (χ2n) is 2.45. The van der Waals surface area contributed by atoms with Gasteiger partial charge in [-0.3, -0.25) is 10.4 Å². The molecule has 1 heterocycles. The van der Waals surface area contributed by atoms with Gasteiger partial charge in [0.15, 0.2) is 0 Å². The smallest absolute Gasteiger partial charge is 0.284 e. The molecule has 0 aliphatic carbocycles. The SMILES string of the molecule is CC1C(C)N(O)C(=O)N1O. The minimum absolute atomic E-state index is 0.350. The van der Waals surface area contributed by atoms with Crippen molar-refractivity contribution in [2.75, 3.05) is 0 Å². The summed E-state index contributed by atoms with van der Waals surface area (Å²) in [6.07, 6.45) is 0. The Hall–Kier alpha value is -0.810. The van der Waals surface area contributed by atoms with Crippen LogP contribution >= 0.6 is 0 Å². The lowest BCUT2D eigenvalue weighted by Gasteiger charge is -2.12. The van der Waals surface area contributed by atoms with Crippen LogP contribution in [0.25, 0.3) is 0 Å². The molecule has 0 aromatic rings. The molecule has 0 bridgehead atoms. The minimum Gasteiger partial charge on any atom is -0.284 e. The highest BCUT2D eigenvalue weighted by Crippen LogP contribution is 2.17. The number of nitrogens with zero attached hydrogens (tertiary/aromatic N) is 2. The highest BCUT2D eigenvalue weighted by atomic mass is 16.6. The molecule has 1 rings (SSSR count). The molecule has 2 N–H and O–H groups in total. The summed E-state index contributed by atoms with van der Waals surface area (Å²) in [6.45, 7) is 3.30. The molecule has 5 heteroatoms. The predicted molar refractivity (Wildman–Crippen MR) is 31.6 cm³/mol. The van der Waals surface area contributed by atoms with E-state index in [4.69, 9.17) is 10.4 Å². The van der Waals surface area contributed by atoms with Crippen LogP contribution in [0.2, 0.25) is 0 Å². The van der Waals surface area contributed by atoms with Crippen LogP contribution in [-0.4, -0.2) is 38.7 Å². The van der Waals surface area contributed by atoms with Gasteiger partial charge in [-0.25, -0.2) is 4.79 Å². The zero-order valence-electron chi connectivity index (χ0n) is 5.85. The van der Waals surface area contributed by atoms with Gasteiger partial charge in [-0.2, -0.15) is 10.1 Å². The summed E-state index contributed by atoms with van der Waals surface area (Å²) in [4.78, 5) is 10.7. The molecule has 1 saturated heterocycles. The second-order valence-corrected chi connectivity index (χ2v) is 2.45. The molecule has 0 saturated carbocycles. The molecule has 0 spiro atoms. The van der Waals surface area contributed by atoms with Gasteiger partial charge in [-0.1, -0.05) is 0 Å². The van der Waals surface area contributed by atoms with Gasteiger partial charge in [0, 0.05) is 0 Å². The third-order valence-corrected chi connectivity index (χ3v) is 1.86. The number of rotatable bonds is 0. The van der Waals surface area contributed by atoms with E-state index >= 15 is 0 Å². The molecule has 1 aliphatic heterocycles. The van der Waals surface area contributed by atoms with Crippen LogP contribution in [-0.2, 0) is 0 Å². The number of hydrogen-bond donors (Lipinski definition) is 2. The number of carbonyl (C=O) groups excluding carboxylic acids is 1. The fourth-order valence-electron chi connectivity index (χ4n) is 0.862. The van der Waals surface area contributed by atoms with Crippen LogP contribution in [0, 0.1) is 0 Å². The maximum absolute atomic E-state index is 10.7. The summed E-state index contributed by atoms with van der Waals surface area (Å²) in [5, 5.41) is 18.8. The van der Waals surface area contributed by atoms with Crippen LogP contribution in [0.4, 0.5) is 4.79 Å². The maximum Gasteiger partial charge on any atom is 0.368 e. The van der Waals surface area contributed by atoms with Crippen molar-refractivity contribution in [1.29, 1.82) is 0 Å². The summed E-state index contributed by atoms with van der Waals surface area (Å²) in [6, 6.07) is -1.46. The van der Waals surface area contributed by atoms with Crippen molar-refractivity contribution < 1.29 is 15.2 Å². The third kappa shape index (κ3) is 0.748. The molecule has 2 amide bonds. The third-order valence-electron chi connectivity index (χ3n) is 1.86. The standard InChI is InChI=1S/C5H10N2O3/c1-3-4(2)7(10)5(8)6(3)9/h3-4,9-10H,1-2H3. The minimum atomic E-state index is -0.764. The molecular formula is C5H10N2O3. The highest BCUT2D eigenvalue weighted by Gasteiger charge is 2.39. The quantitative estimate of drug-likeness (QED) is 0.482. The average Bonchev–Trinajstić information content (AvgIpc) is 2.07. The Morgan fingerprint density at radius 1 is 1.20 bits per heavy atom. The van der Waals surface area contributed by atoms with Gasteiger partial charge in [0.2, 0.25) is 0 Å². The van der Waals surface area contributed by atoms with E-state index in [0.717, 1.165) is 0 Å². The van der Waals surface area contributed by atoms with E-state index in [1.54, 1.807) is 13.8 Å². The van der Waals surface area contributed by atoms with Crippen molar-refractivity contribution in [2.24, 2.45) is 0 Å². The lowest BCUT2D eigenvalue weighted by atomic mass is 10.2. The molecule has 1 aliphatic rings. The summed E-state index contributed by atoms with van der Waals surface area (Å²) >= 11 is 0. The Labute approximate surface area is 58.4 Å². The van der Waals surface area contributed by atoms with Gasteiger partial charge in [0.25, 0.3) is 0 Å². The Bertz CT molecular complexity index is 145. The molecular weight excluding hydrogens is 136 g/mol. The van der Waals surface area contributed by atoms with E-state index in [2.05, 4.69) is 0 Å². The molecule has 10 heavy (non-hydrogen) atoms. The van der Waals surface area contributed by atoms with Crippen molar-refractivity contribution in [2.45, 2.75) is 25.9 Å². The highest BCUT2D eigenvalue weighted by molar-refractivity contribution is 5.74. The van der Waals surface area contributed by atoms with Gasteiger partial charge < -0.3 is 0 Å². The number of amides is 2. The monoisotopic (exact) mass is 146 g/mol. The van der Waals surface area contributed by atoms with Gasteiger partial charge in [0.1, 0.15) is 0 Å². The van der Waals surface area contributed by atoms with Crippen LogP contribution in [0.3, 0.4) is 0 Å². The number of urea groups is 1. The summed E-state index contributed by atoms with van der Waals surface area (Å²) < 4.78 is 0. The molecule has 0 aromatic heterocycles. The molecule has 2 unspecified atom stereocenters. The van der Waals surface area contributed by atoms with Crippen LogP contribution in [0.5, 0.6) is 0 Å². The Morgan fingerprint density at radius 2 is 1.50 bits per heavy atom. The first kappa shape index (κ1) is 7.30. The normalized spacial score (nSPS) is 33.8. The largest absolute Gasteiger partial charge is 0.368 e. The van der Waals surface area contributed by atoms with Crippen molar-refractivity contribution >= 4 is 6.03 Å². The Balaban J connectivity index is 2.78. The Morgan fingerprint density at radius 3 is 1.60 bits per heavy atom. The fourth-order valence-corrected chi connectivity index (χ4v) is 0.862. The Kier molecular flexibility index (Phi) is 1.53. The molecule has 5 nitrogen and oxygen atoms in total. The topological polar surface area (TPSA) is 64.0 Å². The van der Waals surface area contributed by atoms with E-state index in [1.165, 1.54) is 0 Å². The van der Waals surface area contributed by atoms with E-state index in [0.29, 0.717) is 10.1 Å². The predicted octanol–water partition coefficient (Wildman–Crippen LogP) is 0.279. The van der Waals surface area contributed by atoms with E-state index in [1.807, 2.05) is 0 Å². The lowest BCUT2D eigenvalue weighted by molar-refractivity contribution is -0.0711. The van der Waals surface area contributed by atoms with E-state index < -0.39 is 6.03 Å². The average molecular weight is 146 g/mol. The van der Waals surface area contributed by atoms with Crippen LogP contribution in [0.15, 0.2) is 0 Å². The molecule has 0 aromatic carbocycles. The first-order valence-electron chi connectivity index (χ1n) is 3.06. The number of hydroxylamine groups is 4. The first-order chi connectivity index (χ1) is 4.55.